The average molecular weight is 320 g/mol. The molecule has 2 aromatic heterocycles. The number of amides is 1. The molecule has 0 fully saturated rings. The summed E-state index contributed by atoms with van der Waals surface area (Å²) in [6.45, 7) is 4.66. The van der Waals surface area contributed by atoms with Gasteiger partial charge in [0.15, 0.2) is 5.13 Å². The maximum absolute atomic E-state index is 12.5. The van der Waals surface area contributed by atoms with E-state index in [1.165, 1.54) is 23.1 Å². The van der Waals surface area contributed by atoms with Crippen LogP contribution in [0.1, 0.15) is 32.2 Å². The second-order valence-electron chi connectivity index (χ2n) is 5.16. The second-order valence-corrected chi connectivity index (χ2v) is 6.24. The van der Waals surface area contributed by atoms with Gasteiger partial charge in [0.05, 0.1) is 29.5 Å². The highest BCUT2D eigenvalue weighted by molar-refractivity contribution is 7.15. The molecule has 3 rings (SSSR count). The fourth-order valence-corrected chi connectivity index (χ4v) is 3.29. The number of aromatic nitrogens is 3. The number of carbonyl (C=O) groups is 1. The van der Waals surface area contributed by atoms with Crippen LogP contribution in [-0.2, 0) is 24.8 Å². The van der Waals surface area contributed by atoms with Crippen LogP contribution in [0.15, 0.2) is 4.79 Å². The first-order valence-electron chi connectivity index (χ1n) is 6.89. The number of thiazole rings is 1. The minimum atomic E-state index is -0.449. The smallest absolute Gasteiger partial charge is 0.279 e. The fraction of sp³-hybridized carbons (Fsp3) is 0.429. The summed E-state index contributed by atoms with van der Waals surface area (Å²) in [7, 11) is 1.53. The molecule has 3 heterocycles. The Bertz CT molecular complexity index is 786. The normalized spacial score (nSPS) is 13.8. The zero-order chi connectivity index (χ0) is 15.9. The van der Waals surface area contributed by atoms with Gasteiger partial charge in [-0.25, -0.2) is 9.67 Å². The van der Waals surface area contributed by atoms with E-state index in [0.29, 0.717) is 29.6 Å². The quantitative estimate of drug-likeness (QED) is 0.898. The lowest BCUT2D eigenvalue weighted by Crippen LogP contribution is -2.31. The van der Waals surface area contributed by atoms with Gasteiger partial charge in [-0.05, 0) is 19.4 Å². The molecule has 0 spiro atoms. The number of ether oxygens (including phenoxy) is 1. The molecule has 0 saturated carbocycles. The first kappa shape index (κ1) is 14.9. The van der Waals surface area contributed by atoms with E-state index in [0.717, 1.165) is 17.0 Å². The highest BCUT2D eigenvalue weighted by Crippen LogP contribution is 2.27. The van der Waals surface area contributed by atoms with Gasteiger partial charge in [0.1, 0.15) is 5.56 Å². The Balaban J connectivity index is 1.92. The molecule has 1 N–H and O–H groups in total. The van der Waals surface area contributed by atoms with E-state index in [4.69, 9.17) is 4.74 Å². The molecule has 0 radical (unpaired) electrons. The number of hydrogen-bond acceptors (Lipinski definition) is 6. The van der Waals surface area contributed by atoms with Crippen LogP contribution >= 0.6 is 11.3 Å². The predicted octanol–water partition coefficient (Wildman–Crippen LogP) is 1.18. The van der Waals surface area contributed by atoms with Gasteiger partial charge in [0.25, 0.3) is 11.5 Å². The van der Waals surface area contributed by atoms with Gasteiger partial charge in [-0.15, -0.1) is 0 Å². The van der Waals surface area contributed by atoms with Gasteiger partial charge in [-0.3, -0.25) is 14.9 Å². The largest absolute Gasteiger partial charge is 0.375 e. The Labute approximate surface area is 131 Å². The van der Waals surface area contributed by atoms with E-state index in [1.54, 1.807) is 13.8 Å². The molecule has 0 bridgehead atoms. The number of nitrogens with zero attached hydrogens (tertiary/aromatic N) is 3. The molecule has 8 heteroatoms. The Kier molecular flexibility index (Phi) is 3.79. The van der Waals surface area contributed by atoms with Crippen molar-refractivity contribution in [2.45, 2.75) is 26.9 Å². The van der Waals surface area contributed by atoms with E-state index >= 15 is 0 Å². The molecule has 0 saturated heterocycles. The van der Waals surface area contributed by atoms with Crippen LogP contribution in [0.3, 0.4) is 0 Å². The minimum absolute atomic E-state index is 0.111. The molecule has 116 valence electrons. The van der Waals surface area contributed by atoms with Crippen molar-refractivity contribution < 1.29 is 9.53 Å². The van der Waals surface area contributed by atoms with Crippen molar-refractivity contribution in [2.75, 3.05) is 11.9 Å². The van der Waals surface area contributed by atoms with Crippen molar-refractivity contribution in [3.63, 3.8) is 0 Å². The van der Waals surface area contributed by atoms with Crippen molar-refractivity contribution >= 4 is 22.4 Å². The summed E-state index contributed by atoms with van der Waals surface area (Å²) >= 11 is 1.39. The molecular weight excluding hydrogens is 304 g/mol. The Hall–Kier alpha value is -2.06. The number of rotatable bonds is 2. The minimum Gasteiger partial charge on any atom is -0.375 e. The summed E-state index contributed by atoms with van der Waals surface area (Å²) in [6, 6.07) is 0. The summed E-state index contributed by atoms with van der Waals surface area (Å²) in [5.41, 5.74) is 1.90. The number of hydrogen-bond donors (Lipinski definition) is 1. The molecule has 7 nitrogen and oxygen atoms in total. The summed E-state index contributed by atoms with van der Waals surface area (Å²) < 4.78 is 6.54. The van der Waals surface area contributed by atoms with Crippen molar-refractivity contribution in [1.82, 2.24) is 14.8 Å². The highest BCUT2D eigenvalue weighted by Gasteiger charge is 2.21. The van der Waals surface area contributed by atoms with Crippen LogP contribution in [-0.4, -0.2) is 27.3 Å². The van der Waals surface area contributed by atoms with E-state index in [-0.39, 0.29) is 5.56 Å². The highest BCUT2D eigenvalue weighted by atomic mass is 32.1. The molecule has 1 aliphatic rings. The molecule has 1 amide bonds. The van der Waals surface area contributed by atoms with Crippen molar-refractivity contribution in [3.05, 3.63) is 37.7 Å². The third-order valence-electron chi connectivity index (χ3n) is 3.67. The Morgan fingerprint density at radius 3 is 2.91 bits per heavy atom. The standard InChI is InChI=1S/C14H16N4O3S/c1-7-8(2)17-18(3)13(20)11(7)12(19)16-14-15-9-4-5-21-6-10(9)22-14/h4-6H2,1-3H3,(H,15,16,19). The van der Waals surface area contributed by atoms with E-state index in [9.17, 15) is 9.59 Å². The van der Waals surface area contributed by atoms with E-state index < -0.39 is 11.5 Å². The van der Waals surface area contributed by atoms with E-state index in [2.05, 4.69) is 15.4 Å². The number of carbonyl (C=O) groups excluding carboxylic acids is 1. The summed E-state index contributed by atoms with van der Waals surface area (Å²) in [6.07, 6.45) is 0.747. The Morgan fingerprint density at radius 1 is 1.41 bits per heavy atom. The predicted molar refractivity (Wildman–Crippen MR) is 82.4 cm³/mol. The molecule has 0 aromatic carbocycles. The lowest BCUT2D eigenvalue weighted by atomic mass is 10.1. The van der Waals surface area contributed by atoms with E-state index in [1.807, 2.05) is 0 Å². The lowest BCUT2D eigenvalue weighted by molar-refractivity contribution is 0.102. The molecule has 1 aliphatic heterocycles. The van der Waals surface area contributed by atoms with Crippen molar-refractivity contribution in [2.24, 2.45) is 7.05 Å². The molecule has 2 aromatic rings. The number of fused-ring (bicyclic) bond motifs is 1. The van der Waals surface area contributed by atoms with Gasteiger partial charge in [-0.1, -0.05) is 11.3 Å². The SMILES string of the molecule is Cc1nn(C)c(=O)c(C(=O)Nc2nc3c(s2)COCC3)c1C. The van der Waals surface area contributed by atoms with Crippen LogP contribution < -0.4 is 10.9 Å². The van der Waals surface area contributed by atoms with Gasteiger partial charge in [-0.2, -0.15) is 5.10 Å². The van der Waals surface area contributed by atoms with Gasteiger partial charge >= 0.3 is 0 Å². The van der Waals surface area contributed by atoms with Crippen molar-refractivity contribution in [3.8, 4) is 0 Å². The van der Waals surface area contributed by atoms with Crippen LogP contribution in [0.4, 0.5) is 5.13 Å². The zero-order valence-corrected chi connectivity index (χ0v) is 13.4. The van der Waals surface area contributed by atoms with Crippen molar-refractivity contribution in [1.29, 1.82) is 0 Å². The van der Waals surface area contributed by atoms with Gasteiger partial charge < -0.3 is 4.74 Å². The monoisotopic (exact) mass is 320 g/mol. The van der Waals surface area contributed by atoms with Gasteiger partial charge in [0, 0.05) is 13.5 Å². The van der Waals surface area contributed by atoms with Gasteiger partial charge in [0.2, 0.25) is 0 Å². The number of aryl methyl sites for hydroxylation is 2. The maximum atomic E-state index is 12.5. The summed E-state index contributed by atoms with van der Waals surface area (Å²) in [5, 5.41) is 7.29. The first-order valence-corrected chi connectivity index (χ1v) is 7.71. The third kappa shape index (κ3) is 2.55. The fourth-order valence-electron chi connectivity index (χ4n) is 2.35. The van der Waals surface area contributed by atoms with Crippen LogP contribution in [0, 0.1) is 13.8 Å². The molecular formula is C14H16N4O3S. The lowest BCUT2D eigenvalue weighted by Gasteiger charge is -2.08. The number of anilines is 1. The molecule has 0 atom stereocenters. The van der Waals surface area contributed by atoms with Crippen LogP contribution in [0.25, 0.3) is 0 Å². The second kappa shape index (κ2) is 5.62. The first-order chi connectivity index (χ1) is 10.5. The average Bonchev–Trinajstić information content (AvgIpc) is 2.87. The topological polar surface area (TPSA) is 86.1 Å². The maximum Gasteiger partial charge on any atom is 0.279 e. The third-order valence-corrected chi connectivity index (χ3v) is 4.65. The summed E-state index contributed by atoms with van der Waals surface area (Å²) in [5.74, 6) is -0.449. The molecule has 0 aliphatic carbocycles. The zero-order valence-electron chi connectivity index (χ0n) is 12.6. The molecule has 0 unspecified atom stereocenters. The summed E-state index contributed by atoms with van der Waals surface area (Å²) in [4.78, 5) is 30.1. The Morgan fingerprint density at radius 2 is 2.18 bits per heavy atom. The molecule has 22 heavy (non-hydrogen) atoms. The van der Waals surface area contributed by atoms with Crippen LogP contribution in [0.2, 0.25) is 0 Å². The van der Waals surface area contributed by atoms with Crippen LogP contribution in [0.5, 0.6) is 0 Å². The number of nitrogens with one attached hydrogen (secondary N) is 1.